The van der Waals surface area contributed by atoms with Crippen molar-refractivity contribution in [3.05, 3.63) is 22.2 Å². The molecule has 0 aliphatic heterocycles. The van der Waals surface area contributed by atoms with Crippen molar-refractivity contribution in [2.75, 3.05) is 0 Å². The summed E-state index contributed by atoms with van der Waals surface area (Å²) in [6.45, 7) is 4.02. The van der Waals surface area contributed by atoms with Gasteiger partial charge in [0.1, 0.15) is 0 Å². The number of thiophene rings is 1. The van der Waals surface area contributed by atoms with Crippen LogP contribution >= 0.6 is 11.3 Å². The topological polar surface area (TPSA) is 64.9 Å². The Kier molecular flexibility index (Phi) is 2.83. The lowest BCUT2D eigenvalue weighted by molar-refractivity contribution is 0.352. The molecule has 2 N–H and O–H groups in total. The van der Waals surface area contributed by atoms with Gasteiger partial charge in [-0.05, 0) is 24.3 Å². The van der Waals surface area contributed by atoms with E-state index in [4.69, 9.17) is 10.3 Å². The third-order valence-corrected chi connectivity index (χ3v) is 3.16. The largest absolute Gasteiger partial charge is 0.337 e. The summed E-state index contributed by atoms with van der Waals surface area (Å²) in [5, 5.41) is 8.01. The maximum absolute atomic E-state index is 5.81. The fourth-order valence-corrected chi connectivity index (χ4v) is 2.09. The van der Waals surface area contributed by atoms with Gasteiger partial charge in [-0.2, -0.15) is 16.3 Å². The summed E-state index contributed by atoms with van der Waals surface area (Å²) in [5.74, 6) is 1.14. The number of aryl methyl sites for hydroxylation is 1. The van der Waals surface area contributed by atoms with Crippen molar-refractivity contribution in [1.29, 1.82) is 0 Å². The number of hydrogen-bond acceptors (Lipinski definition) is 5. The molecule has 2 heterocycles. The van der Waals surface area contributed by atoms with Crippen molar-refractivity contribution < 1.29 is 4.52 Å². The predicted octanol–water partition coefficient (Wildman–Crippen LogP) is 2.52. The lowest BCUT2D eigenvalue weighted by atomic mass is 10.2. The first-order chi connectivity index (χ1) is 7.22. The van der Waals surface area contributed by atoms with Crippen LogP contribution in [0.25, 0.3) is 11.4 Å². The van der Waals surface area contributed by atoms with Crippen LogP contribution in [0.3, 0.4) is 0 Å². The molecular weight excluding hydrogens is 210 g/mol. The number of rotatable bonds is 3. The first kappa shape index (κ1) is 10.3. The normalized spacial score (nSPS) is 13.0. The van der Waals surface area contributed by atoms with Crippen molar-refractivity contribution in [3.63, 3.8) is 0 Å². The molecule has 0 unspecified atom stereocenters. The first-order valence-electron chi connectivity index (χ1n) is 4.84. The molecule has 2 rings (SSSR count). The Morgan fingerprint density at radius 1 is 1.53 bits per heavy atom. The van der Waals surface area contributed by atoms with Crippen LogP contribution in [0.4, 0.5) is 0 Å². The van der Waals surface area contributed by atoms with E-state index in [9.17, 15) is 0 Å². The minimum absolute atomic E-state index is 0.162. The Balaban J connectivity index is 2.32. The third-order valence-electron chi connectivity index (χ3n) is 2.30. The van der Waals surface area contributed by atoms with E-state index in [1.807, 2.05) is 19.2 Å². The maximum Gasteiger partial charge on any atom is 0.243 e. The van der Waals surface area contributed by atoms with Gasteiger partial charge in [-0.25, -0.2) is 0 Å². The minimum atomic E-state index is -0.162. The van der Waals surface area contributed by atoms with Gasteiger partial charge in [-0.3, -0.25) is 0 Å². The van der Waals surface area contributed by atoms with E-state index < -0.39 is 0 Å². The fourth-order valence-electron chi connectivity index (χ4n) is 1.26. The standard InChI is InChI=1S/C10H13N3OS/c1-3-8(11)10-12-9(13-14-10)7-5-15-4-6(7)2/h4-5,8H,3,11H2,1-2H3/t8-/m0/s1. The van der Waals surface area contributed by atoms with E-state index in [1.165, 1.54) is 0 Å². The van der Waals surface area contributed by atoms with Gasteiger partial charge in [0, 0.05) is 10.9 Å². The molecule has 0 saturated heterocycles. The Morgan fingerprint density at radius 2 is 2.33 bits per heavy atom. The van der Waals surface area contributed by atoms with E-state index in [0.29, 0.717) is 11.7 Å². The highest BCUT2D eigenvalue weighted by atomic mass is 32.1. The van der Waals surface area contributed by atoms with E-state index in [-0.39, 0.29) is 6.04 Å². The second-order valence-corrected chi connectivity index (χ2v) is 4.18. The Hall–Kier alpha value is -1.20. The predicted molar refractivity (Wildman–Crippen MR) is 59.6 cm³/mol. The van der Waals surface area contributed by atoms with Gasteiger partial charge in [0.05, 0.1) is 6.04 Å². The van der Waals surface area contributed by atoms with Crippen LogP contribution in [-0.4, -0.2) is 10.1 Å². The summed E-state index contributed by atoms with van der Waals surface area (Å²) in [7, 11) is 0. The van der Waals surface area contributed by atoms with Gasteiger partial charge >= 0.3 is 0 Å². The second-order valence-electron chi connectivity index (χ2n) is 3.44. The molecule has 0 aromatic carbocycles. The van der Waals surface area contributed by atoms with Crippen LogP contribution in [0.2, 0.25) is 0 Å². The number of nitrogens with two attached hydrogens (primary N) is 1. The van der Waals surface area contributed by atoms with E-state index >= 15 is 0 Å². The SMILES string of the molecule is CC[C@H](N)c1nc(-c2cscc2C)no1. The van der Waals surface area contributed by atoms with Crippen molar-refractivity contribution in [2.45, 2.75) is 26.3 Å². The molecule has 0 aliphatic rings. The fraction of sp³-hybridized carbons (Fsp3) is 0.400. The molecule has 4 nitrogen and oxygen atoms in total. The summed E-state index contributed by atoms with van der Waals surface area (Å²) in [5.41, 5.74) is 8.00. The molecule has 0 saturated carbocycles. The molecule has 15 heavy (non-hydrogen) atoms. The number of hydrogen-bond donors (Lipinski definition) is 1. The van der Waals surface area contributed by atoms with Gasteiger partial charge in [0.2, 0.25) is 11.7 Å². The van der Waals surface area contributed by atoms with Gasteiger partial charge < -0.3 is 10.3 Å². The highest BCUT2D eigenvalue weighted by Gasteiger charge is 2.15. The molecule has 2 aromatic heterocycles. The van der Waals surface area contributed by atoms with E-state index in [2.05, 4.69) is 15.5 Å². The first-order valence-corrected chi connectivity index (χ1v) is 5.79. The molecule has 5 heteroatoms. The zero-order valence-corrected chi connectivity index (χ0v) is 9.54. The molecule has 0 spiro atoms. The third kappa shape index (κ3) is 1.93. The average molecular weight is 223 g/mol. The van der Waals surface area contributed by atoms with Gasteiger partial charge in [-0.1, -0.05) is 12.1 Å². The highest BCUT2D eigenvalue weighted by Crippen LogP contribution is 2.25. The molecule has 1 atom stereocenters. The van der Waals surface area contributed by atoms with E-state index in [1.54, 1.807) is 11.3 Å². The molecule has 0 radical (unpaired) electrons. The molecule has 0 fully saturated rings. The minimum Gasteiger partial charge on any atom is -0.337 e. The van der Waals surface area contributed by atoms with Crippen LogP contribution in [0.15, 0.2) is 15.3 Å². The number of aromatic nitrogens is 2. The monoisotopic (exact) mass is 223 g/mol. The Morgan fingerprint density at radius 3 is 2.93 bits per heavy atom. The summed E-state index contributed by atoms with van der Waals surface area (Å²) in [4.78, 5) is 4.29. The Labute approximate surface area is 92.1 Å². The highest BCUT2D eigenvalue weighted by molar-refractivity contribution is 7.08. The van der Waals surface area contributed by atoms with Gasteiger partial charge in [-0.15, -0.1) is 0 Å². The smallest absolute Gasteiger partial charge is 0.243 e. The summed E-state index contributed by atoms with van der Waals surface area (Å²) in [6.07, 6.45) is 0.796. The number of nitrogens with zero attached hydrogens (tertiary/aromatic N) is 2. The van der Waals surface area contributed by atoms with Crippen molar-refractivity contribution in [1.82, 2.24) is 10.1 Å². The zero-order valence-electron chi connectivity index (χ0n) is 8.73. The molecule has 0 aliphatic carbocycles. The van der Waals surface area contributed by atoms with Crippen LogP contribution in [0.1, 0.15) is 30.8 Å². The Bertz CT molecular complexity index is 449. The summed E-state index contributed by atoms with van der Waals surface area (Å²) < 4.78 is 5.11. The van der Waals surface area contributed by atoms with Crippen molar-refractivity contribution in [3.8, 4) is 11.4 Å². The van der Waals surface area contributed by atoms with Crippen LogP contribution < -0.4 is 5.73 Å². The quantitative estimate of drug-likeness (QED) is 0.868. The molecule has 0 amide bonds. The molecule has 0 bridgehead atoms. The summed E-state index contributed by atoms with van der Waals surface area (Å²) in [6, 6.07) is -0.162. The average Bonchev–Trinajstić information content (AvgIpc) is 2.84. The van der Waals surface area contributed by atoms with Gasteiger partial charge in [0.25, 0.3) is 0 Å². The summed E-state index contributed by atoms with van der Waals surface area (Å²) >= 11 is 1.63. The van der Waals surface area contributed by atoms with Gasteiger partial charge in [0.15, 0.2) is 0 Å². The molecular formula is C10H13N3OS. The zero-order chi connectivity index (χ0) is 10.8. The van der Waals surface area contributed by atoms with Crippen LogP contribution in [0, 0.1) is 6.92 Å². The van der Waals surface area contributed by atoms with Crippen LogP contribution in [0.5, 0.6) is 0 Å². The lowest BCUT2D eigenvalue weighted by Crippen LogP contribution is -2.08. The van der Waals surface area contributed by atoms with Crippen LogP contribution in [-0.2, 0) is 0 Å². The van der Waals surface area contributed by atoms with Crippen molar-refractivity contribution >= 4 is 11.3 Å². The maximum atomic E-state index is 5.81. The second kappa shape index (κ2) is 4.12. The molecule has 80 valence electrons. The molecule has 2 aromatic rings. The lowest BCUT2D eigenvalue weighted by Gasteiger charge is -1.98. The van der Waals surface area contributed by atoms with Crippen molar-refractivity contribution in [2.24, 2.45) is 5.73 Å². The van der Waals surface area contributed by atoms with E-state index in [0.717, 1.165) is 17.5 Å².